The second kappa shape index (κ2) is 8.09. The fourth-order valence-corrected chi connectivity index (χ4v) is 3.93. The maximum atomic E-state index is 12.7. The number of aryl methyl sites for hydroxylation is 1. The molecule has 5 nitrogen and oxygen atoms in total. The lowest BCUT2D eigenvalue weighted by atomic mass is 9.98. The first-order valence-corrected chi connectivity index (χ1v) is 9.69. The molecule has 1 aromatic rings. The van der Waals surface area contributed by atoms with Gasteiger partial charge in [-0.15, -0.1) is 0 Å². The van der Waals surface area contributed by atoms with E-state index < -0.39 is 0 Å². The average Bonchev–Trinajstić information content (AvgIpc) is 3.24. The molecule has 0 aromatic carbocycles. The standard InChI is InChI=1S/C21H29N3O2/c1-15-6-8-23(9-7-15)21(25)19(13-22)12-18-11-16(2)24(17(18)3)14-20-5-4-10-26-20/h11-12,15,20H,4-10,14H2,1-3H3/b19-12+/t20-/m0/s1. The third kappa shape index (κ3) is 4.02. The number of nitriles is 1. The second-order valence-corrected chi connectivity index (χ2v) is 7.72. The van der Waals surface area contributed by atoms with Crippen LogP contribution in [-0.4, -0.2) is 41.2 Å². The van der Waals surface area contributed by atoms with Gasteiger partial charge in [0.1, 0.15) is 11.6 Å². The van der Waals surface area contributed by atoms with Crippen LogP contribution in [0, 0.1) is 31.1 Å². The predicted molar refractivity (Wildman–Crippen MR) is 101 cm³/mol. The Balaban J connectivity index is 1.78. The summed E-state index contributed by atoms with van der Waals surface area (Å²) < 4.78 is 8.00. The molecule has 0 saturated carbocycles. The van der Waals surface area contributed by atoms with Crippen molar-refractivity contribution in [3.8, 4) is 6.07 Å². The Hall–Kier alpha value is -2.06. The van der Waals surface area contributed by atoms with Crippen LogP contribution >= 0.6 is 0 Å². The van der Waals surface area contributed by atoms with Gasteiger partial charge in [0.15, 0.2) is 0 Å². The molecule has 3 heterocycles. The molecule has 140 valence electrons. The highest BCUT2D eigenvalue weighted by molar-refractivity contribution is 6.01. The van der Waals surface area contributed by atoms with E-state index in [0.29, 0.717) is 5.92 Å². The summed E-state index contributed by atoms with van der Waals surface area (Å²) in [5, 5.41) is 9.54. The van der Waals surface area contributed by atoms with Crippen LogP contribution in [0.25, 0.3) is 6.08 Å². The molecule has 2 aliphatic rings. The molecule has 0 bridgehead atoms. The topological polar surface area (TPSA) is 58.3 Å². The fourth-order valence-electron chi connectivity index (χ4n) is 3.93. The van der Waals surface area contributed by atoms with Gasteiger partial charge in [0, 0.05) is 37.6 Å². The second-order valence-electron chi connectivity index (χ2n) is 7.72. The van der Waals surface area contributed by atoms with Crippen molar-refractivity contribution in [1.82, 2.24) is 9.47 Å². The molecule has 5 heteroatoms. The number of piperidine rings is 1. The number of carbonyl (C=O) groups is 1. The molecular formula is C21H29N3O2. The zero-order valence-electron chi connectivity index (χ0n) is 16.1. The van der Waals surface area contributed by atoms with Gasteiger partial charge in [-0.05, 0) is 63.2 Å². The number of hydrogen-bond acceptors (Lipinski definition) is 3. The third-order valence-corrected chi connectivity index (χ3v) is 5.74. The van der Waals surface area contributed by atoms with Crippen molar-refractivity contribution in [2.24, 2.45) is 5.92 Å². The smallest absolute Gasteiger partial charge is 0.264 e. The van der Waals surface area contributed by atoms with Gasteiger partial charge < -0.3 is 14.2 Å². The van der Waals surface area contributed by atoms with Gasteiger partial charge in [0.25, 0.3) is 5.91 Å². The first-order valence-electron chi connectivity index (χ1n) is 9.69. The van der Waals surface area contributed by atoms with Crippen molar-refractivity contribution in [3.05, 3.63) is 28.6 Å². The third-order valence-electron chi connectivity index (χ3n) is 5.74. The van der Waals surface area contributed by atoms with Crippen molar-refractivity contribution in [3.63, 3.8) is 0 Å². The molecule has 1 aromatic heterocycles. The van der Waals surface area contributed by atoms with E-state index in [-0.39, 0.29) is 17.6 Å². The maximum Gasteiger partial charge on any atom is 0.264 e. The van der Waals surface area contributed by atoms with Gasteiger partial charge in [-0.25, -0.2) is 0 Å². The van der Waals surface area contributed by atoms with Crippen LogP contribution in [0.2, 0.25) is 0 Å². The van der Waals surface area contributed by atoms with E-state index >= 15 is 0 Å². The maximum absolute atomic E-state index is 12.7. The minimum absolute atomic E-state index is 0.136. The first kappa shape index (κ1) is 18.7. The Morgan fingerprint density at radius 3 is 2.69 bits per heavy atom. The molecule has 0 spiro atoms. The highest BCUT2D eigenvalue weighted by Crippen LogP contribution is 2.23. The van der Waals surface area contributed by atoms with Gasteiger partial charge >= 0.3 is 0 Å². The number of ether oxygens (including phenoxy) is 1. The van der Waals surface area contributed by atoms with Gasteiger partial charge in [0.2, 0.25) is 0 Å². The summed E-state index contributed by atoms with van der Waals surface area (Å²) in [6.07, 6.45) is 6.27. The number of aromatic nitrogens is 1. The number of hydrogen-bond donors (Lipinski definition) is 0. The van der Waals surface area contributed by atoms with E-state index in [4.69, 9.17) is 4.74 Å². The summed E-state index contributed by atoms with van der Waals surface area (Å²) in [5.41, 5.74) is 3.42. The quantitative estimate of drug-likeness (QED) is 0.614. The zero-order chi connectivity index (χ0) is 18.7. The van der Waals surface area contributed by atoms with Crippen LogP contribution in [0.4, 0.5) is 0 Å². The lowest BCUT2D eigenvalue weighted by Gasteiger charge is -2.30. The summed E-state index contributed by atoms with van der Waals surface area (Å²) in [7, 11) is 0. The molecule has 2 saturated heterocycles. The van der Waals surface area contributed by atoms with Crippen molar-refractivity contribution in [1.29, 1.82) is 5.26 Å². The Labute approximate surface area is 156 Å². The monoisotopic (exact) mass is 355 g/mol. The zero-order valence-corrected chi connectivity index (χ0v) is 16.1. The van der Waals surface area contributed by atoms with Crippen molar-refractivity contribution in [2.45, 2.75) is 59.1 Å². The van der Waals surface area contributed by atoms with Crippen molar-refractivity contribution >= 4 is 12.0 Å². The molecule has 2 aliphatic heterocycles. The molecule has 0 aliphatic carbocycles. The van der Waals surface area contributed by atoms with Gasteiger partial charge in [-0.1, -0.05) is 6.92 Å². The van der Waals surface area contributed by atoms with E-state index in [1.807, 2.05) is 4.90 Å². The van der Waals surface area contributed by atoms with E-state index in [1.54, 1.807) is 6.08 Å². The molecule has 2 fully saturated rings. The molecule has 1 atom stereocenters. The normalized spacial score (nSPS) is 21.8. The SMILES string of the molecule is Cc1cc(/C=C(\C#N)C(=O)N2CCC(C)CC2)c(C)n1C[C@@H]1CCCO1. The lowest BCUT2D eigenvalue weighted by molar-refractivity contribution is -0.127. The molecule has 0 radical (unpaired) electrons. The van der Waals surface area contributed by atoms with Crippen LogP contribution in [0.1, 0.15) is 49.6 Å². The number of amides is 1. The van der Waals surface area contributed by atoms with Gasteiger partial charge in [0.05, 0.1) is 6.10 Å². The number of nitrogens with zero attached hydrogens (tertiary/aromatic N) is 3. The Bertz CT molecular complexity index is 727. The average molecular weight is 355 g/mol. The van der Waals surface area contributed by atoms with E-state index in [0.717, 1.165) is 68.9 Å². The Morgan fingerprint density at radius 1 is 1.35 bits per heavy atom. The molecule has 3 rings (SSSR count). The van der Waals surface area contributed by atoms with Gasteiger partial charge in [-0.2, -0.15) is 5.26 Å². The predicted octanol–water partition coefficient (Wildman–Crippen LogP) is 3.45. The molecule has 0 unspecified atom stereocenters. The van der Waals surface area contributed by atoms with Crippen LogP contribution in [0.3, 0.4) is 0 Å². The highest BCUT2D eigenvalue weighted by Gasteiger charge is 2.24. The lowest BCUT2D eigenvalue weighted by Crippen LogP contribution is -2.38. The summed E-state index contributed by atoms with van der Waals surface area (Å²) in [5.74, 6) is 0.522. The van der Waals surface area contributed by atoms with Crippen LogP contribution in [0.15, 0.2) is 11.6 Å². The molecule has 0 N–H and O–H groups in total. The Morgan fingerprint density at radius 2 is 2.08 bits per heavy atom. The fraction of sp³-hybridized carbons (Fsp3) is 0.619. The summed E-state index contributed by atoms with van der Waals surface area (Å²) in [4.78, 5) is 14.6. The van der Waals surface area contributed by atoms with Crippen LogP contribution in [-0.2, 0) is 16.1 Å². The number of rotatable bonds is 4. The van der Waals surface area contributed by atoms with Crippen molar-refractivity contribution < 1.29 is 9.53 Å². The molecular weight excluding hydrogens is 326 g/mol. The van der Waals surface area contributed by atoms with Gasteiger partial charge in [-0.3, -0.25) is 4.79 Å². The first-order chi connectivity index (χ1) is 12.5. The largest absolute Gasteiger partial charge is 0.376 e. The number of carbonyl (C=O) groups excluding carboxylic acids is 1. The van der Waals surface area contributed by atoms with E-state index in [9.17, 15) is 10.1 Å². The number of likely N-dealkylation sites (tertiary alicyclic amines) is 1. The summed E-state index contributed by atoms with van der Waals surface area (Å²) in [6, 6.07) is 4.19. The van der Waals surface area contributed by atoms with E-state index in [2.05, 4.69) is 37.5 Å². The van der Waals surface area contributed by atoms with Crippen LogP contribution in [0.5, 0.6) is 0 Å². The Kier molecular flexibility index (Phi) is 5.83. The van der Waals surface area contributed by atoms with Crippen LogP contribution < -0.4 is 0 Å². The van der Waals surface area contributed by atoms with E-state index in [1.165, 1.54) is 0 Å². The molecule has 1 amide bonds. The van der Waals surface area contributed by atoms with Crippen molar-refractivity contribution in [2.75, 3.05) is 19.7 Å². The highest BCUT2D eigenvalue weighted by atomic mass is 16.5. The summed E-state index contributed by atoms with van der Waals surface area (Å²) >= 11 is 0. The summed E-state index contributed by atoms with van der Waals surface area (Å²) in [6.45, 7) is 9.51. The minimum Gasteiger partial charge on any atom is -0.376 e. The molecule has 26 heavy (non-hydrogen) atoms. The minimum atomic E-state index is -0.136.